The van der Waals surface area contributed by atoms with Crippen molar-refractivity contribution in [2.75, 3.05) is 13.2 Å². The third-order valence-electron chi connectivity index (χ3n) is 5.50. The highest BCUT2D eigenvalue weighted by molar-refractivity contribution is 5.84. The van der Waals surface area contributed by atoms with Crippen molar-refractivity contribution in [3.63, 3.8) is 0 Å². The molecule has 2 N–H and O–H groups in total. The monoisotopic (exact) mass is 312 g/mol. The van der Waals surface area contributed by atoms with E-state index in [9.17, 15) is 15.0 Å². The van der Waals surface area contributed by atoms with Gasteiger partial charge >= 0.3 is 5.97 Å². The molecule has 4 heteroatoms. The van der Waals surface area contributed by atoms with E-state index in [2.05, 4.69) is 24.3 Å². The Morgan fingerprint density at radius 2 is 1.96 bits per heavy atom. The Hall–Kier alpha value is -1.91. The lowest BCUT2D eigenvalue weighted by molar-refractivity contribution is -0.148. The summed E-state index contributed by atoms with van der Waals surface area (Å²) in [5.41, 5.74) is -0.810. The Balaban J connectivity index is 1.71. The van der Waals surface area contributed by atoms with Crippen LogP contribution in [-0.2, 0) is 16.0 Å². The first-order valence-electron chi connectivity index (χ1n) is 8.03. The second kappa shape index (κ2) is 5.05. The molecule has 1 saturated heterocycles. The summed E-state index contributed by atoms with van der Waals surface area (Å²) >= 11 is 0. The van der Waals surface area contributed by atoms with Crippen LogP contribution in [0.4, 0.5) is 0 Å². The summed E-state index contributed by atoms with van der Waals surface area (Å²) in [7, 11) is 0. The lowest BCUT2D eigenvalue weighted by Gasteiger charge is -2.26. The minimum atomic E-state index is -1.17. The molecule has 0 aromatic heterocycles. The smallest absolute Gasteiger partial charge is 0.312 e. The van der Waals surface area contributed by atoms with Crippen LogP contribution < -0.4 is 0 Å². The van der Waals surface area contributed by atoms with Gasteiger partial charge in [-0.15, -0.1) is 0 Å². The van der Waals surface area contributed by atoms with Gasteiger partial charge in [0.25, 0.3) is 0 Å². The molecule has 2 aromatic carbocycles. The standard InChI is InChI=1S/C19H20O4/c20-12-18(22)9-16-10-23-17(21)19(16,11-18)8-13-5-6-14-3-1-2-4-15(14)7-13/h1-7,16,20,22H,8-12H2. The van der Waals surface area contributed by atoms with Gasteiger partial charge in [-0.1, -0.05) is 42.5 Å². The lowest BCUT2D eigenvalue weighted by Crippen LogP contribution is -2.36. The van der Waals surface area contributed by atoms with Crippen LogP contribution in [0.15, 0.2) is 42.5 Å². The molecule has 0 radical (unpaired) electrons. The van der Waals surface area contributed by atoms with Gasteiger partial charge in [-0.25, -0.2) is 0 Å². The maximum atomic E-state index is 12.4. The summed E-state index contributed by atoms with van der Waals surface area (Å²) in [4.78, 5) is 12.4. The van der Waals surface area contributed by atoms with Crippen LogP contribution in [0, 0.1) is 11.3 Å². The normalized spacial score (nSPS) is 33.0. The van der Waals surface area contributed by atoms with E-state index in [1.54, 1.807) is 0 Å². The number of esters is 1. The zero-order valence-electron chi connectivity index (χ0n) is 12.9. The van der Waals surface area contributed by atoms with Gasteiger partial charge in [-0.2, -0.15) is 0 Å². The third-order valence-corrected chi connectivity index (χ3v) is 5.50. The second-order valence-corrected chi connectivity index (χ2v) is 7.07. The molecule has 23 heavy (non-hydrogen) atoms. The van der Waals surface area contributed by atoms with Crippen molar-refractivity contribution in [3.8, 4) is 0 Å². The van der Waals surface area contributed by atoms with Crippen LogP contribution in [0.2, 0.25) is 0 Å². The van der Waals surface area contributed by atoms with Gasteiger partial charge in [0.1, 0.15) is 0 Å². The van der Waals surface area contributed by atoms with Gasteiger partial charge in [0.05, 0.1) is 24.2 Å². The number of fused-ring (bicyclic) bond motifs is 2. The average Bonchev–Trinajstić information content (AvgIpc) is 3.00. The van der Waals surface area contributed by atoms with Crippen LogP contribution in [0.3, 0.4) is 0 Å². The fourth-order valence-electron chi connectivity index (χ4n) is 4.35. The molecule has 3 atom stereocenters. The van der Waals surface area contributed by atoms with E-state index in [0.717, 1.165) is 16.3 Å². The Morgan fingerprint density at radius 1 is 1.17 bits per heavy atom. The van der Waals surface area contributed by atoms with Crippen LogP contribution in [0.5, 0.6) is 0 Å². The SMILES string of the molecule is O=C1OCC2CC(O)(CO)CC12Cc1ccc2ccccc2c1. The Bertz CT molecular complexity index is 771. The van der Waals surface area contributed by atoms with E-state index in [1.807, 2.05) is 18.2 Å². The number of hydrogen-bond donors (Lipinski definition) is 2. The molecule has 1 aliphatic carbocycles. The van der Waals surface area contributed by atoms with Gasteiger partial charge in [0.15, 0.2) is 0 Å². The zero-order valence-corrected chi connectivity index (χ0v) is 12.9. The highest BCUT2D eigenvalue weighted by Crippen LogP contribution is 2.54. The first-order valence-corrected chi connectivity index (χ1v) is 8.03. The summed E-state index contributed by atoms with van der Waals surface area (Å²) in [5, 5.41) is 22.3. The molecular formula is C19H20O4. The predicted octanol–water partition coefficient (Wildman–Crippen LogP) is 2.06. The van der Waals surface area contributed by atoms with Gasteiger partial charge in [0.2, 0.25) is 0 Å². The zero-order chi connectivity index (χ0) is 16.1. The predicted molar refractivity (Wildman–Crippen MR) is 85.8 cm³/mol. The fraction of sp³-hybridized carbons (Fsp3) is 0.421. The number of rotatable bonds is 3. The van der Waals surface area contributed by atoms with Gasteiger partial charge in [-0.3, -0.25) is 4.79 Å². The van der Waals surface area contributed by atoms with Crippen LogP contribution in [0.1, 0.15) is 18.4 Å². The molecule has 1 aliphatic heterocycles. The molecule has 2 aliphatic rings. The maximum absolute atomic E-state index is 12.4. The lowest BCUT2D eigenvalue weighted by atomic mass is 9.74. The molecule has 4 rings (SSSR count). The number of carbonyl (C=O) groups is 1. The Morgan fingerprint density at radius 3 is 2.74 bits per heavy atom. The van der Waals surface area contributed by atoms with E-state index in [1.165, 1.54) is 0 Å². The first kappa shape index (κ1) is 14.7. The summed E-state index contributed by atoms with van der Waals surface area (Å²) in [5.74, 6) is -0.265. The van der Waals surface area contributed by atoms with Crippen molar-refractivity contribution in [3.05, 3.63) is 48.0 Å². The average molecular weight is 312 g/mol. The molecule has 0 spiro atoms. The molecule has 1 heterocycles. The minimum Gasteiger partial charge on any atom is -0.465 e. The van der Waals surface area contributed by atoms with Crippen molar-refractivity contribution in [1.82, 2.24) is 0 Å². The van der Waals surface area contributed by atoms with Crippen molar-refractivity contribution < 1.29 is 19.7 Å². The van der Waals surface area contributed by atoms with E-state index >= 15 is 0 Å². The van der Waals surface area contributed by atoms with E-state index < -0.39 is 11.0 Å². The molecule has 120 valence electrons. The van der Waals surface area contributed by atoms with Crippen LogP contribution in [-0.4, -0.2) is 35.0 Å². The fourth-order valence-corrected chi connectivity index (χ4v) is 4.35. The Kier molecular flexibility index (Phi) is 3.22. The van der Waals surface area contributed by atoms with Crippen molar-refractivity contribution in [2.24, 2.45) is 11.3 Å². The third kappa shape index (κ3) is 2.25. The first-order chi connectivity index (χ1) is 11.0. The quantitative estimate of drug-likeness (QED) is 0.851. The minimum absolute atomic E-state index is 0.0291. The molecule has 2 aromatic rings. The molecular weight excluding hydrogens is 292 g/mol. The molecule has 0 bridgehead atoms. The van der Waals surface area contributed by atoms with Gasteiger partial charge < -0.3 is 14.9 Å². The number of carbonyl (C=O) groups excluding carboxylic acids is 1. The topological polar surface area (TPSA) is 66.8 Å². The molecule has 1 saturated carbocycles. The highest BCUT2D eigenvalue weighted by atomic mass is 16.5. The summed E-state index contributed by atoms with van der Waals surface area (Å²) in [6, 6.07) is 14.3. The summed E-state index contributed by atoms with van der Waals surface area (Å²) in [6.07, 6.45) is 1.24. The van der Waals surface area contributed by atoms with Crippen molar-refractivity contribution in [1.29, 1.82) is 0 Å². The van der Waals surface area contributed by atoms with Crippen molar-refractivity contribution >= 4 is 16.7 Å². The number of benzene rings is 2. The molecule has 0 amide bonds. The van der Waals surface area contributed by atoms with Crippen LogP contribution in [0.25, 0.3) is 10.8 Å². The number of ether oxygens (including phenoxy) is 1. The number of aliphatic hydroxyl groups excluding tert-OH is 1. The van der Waals surface area contributed by atoms with E-state index in [0.29, 0.717) is 19.4 Å². The van der Waals surface area contributed by atoms with Gasteiger partial charge in [0, 0.05) is 5.92 Å². The van der Waals surface area contributed by atoms with E-state index in [4.69, 9.17) is 4.74 Å². The number of hydrogen-bond acceptors (Lipinski definition) is 4. The summed E-state index contributed by atoms with van der Waals surface area (Å²) < 4.78 is 5.29. The Labute approximate surface area is 134 Å². The second-order valence-electron chi connectivity index (χ2n) is 7.07. The highest BCUT2D eigenvalue weighted by Gasteiger charge is 2.62. The largest absolute Gasteiger partial charge is 0.465 e. The summed E-state index contributed by atoms with van der Waals surface area (Å²) in [6.45, 7) is 0.0327. The van der Waals surface area contributed by atoms with E-state index in [-0.39, 0.29) is 24.9 Å². The van der Waals surface area contributed by atoms with Gasteiger partial charge in [-0.05, 0) is 35.6 Å². The molecule has 2 fully saturated rings. The molecule has 3 unspecified atom stereocenters. The number of cyclic esters (lactones) is 1. The maximum Gasteiger partial charge on any atom is 0.312 e. The van der Waals surface area contributed by atoms with Crippen molar-refractivity contribution in [2.45, 2.75) is 24.9 Å². The molecule has 4 nitrogen and oxygen atoms in total. The number of aliphatic hydroxyl groups is 2. The van der Waals surface area contributed by atoms with Crippen LogP contribution >= 0.6 is 0 Å².